The van der Waals surface area contributed by atoms with Crippen molar-refractivity contribution in [3.63, 3.8) is 0 Å². The number of para-hydroxylation sites is 1. The number of anilines is 1. The number of aryl methyl sites for hydroxylation is 1. The van der Waals surface area contributed by atoms with Gasteiger partial charge in [-0.2, -0.15) is 0 Å². The van der Waals surface area contributed by atoms with Crippen LogP contribution in [0.2, 0.25) is 0 Å². The predicted octanol–water partition coefficient (Wildman–Crippen LogP) is 5.19. The van der Waals surface area contributed by atoms with Crippen LogP contribution in [0.25, 0.3) is 10.9 Å². The third-order valence-corrected chi connectivity index (χ3v) is 6.15. The van der Waals surface area contributed by atoms with Crippen molar-refractivity contribution in [1.29, 1.82) is 0 Å². The number of carbonyl (C=O) groups is 2. The lowest BCUT2D eigenvalue weighted by atomic mass is 10.0. The molecule has 1 aliphatic rings. The summed E-state index contributed by atoms with van der Waals surface area (Å²) in [5, 5.41) is 12.5. The Balaban J connectivity index is 1.55. The van der Waals surface area contributed by atoms with Gasteiger partial charge in [-0.3, -0.25) is 14.9 Å². The van der Waals surface area contributed by atoms with E-state index in [0.717, 1.165) is 49.7 Å². The number of esters is 1. The number of hydrogen-bond acceptors (Lipinski definition) is 6. The molecule has 0 aliphatic carbocycles. The van der Waals surface area contributed by atoms with Gasteiger partial charge in [0.05, 0.1) is 10.5 Å². The Kier molecular flexibility index (Phi) is 6.44. The van der Waals surface area contributed by atoms with Gasteiger partial charge >= 0.3 is 5.97 Å². The topological polar surface area (TPSA) is 106 Å². The second-order valence-corrected chi connectivity index (χ2v) is 8.44. The zero-order chi connectivity index (χ0) is 23.5. The number of hydrogen-bond donors (Lipinski definition) is 1. The second kappa shape index (κ2) is 9.44. The van der Waals surface area contributed by atoms with Crippen LogP contribution in [0, 0.1) is 17.0 Å². The monoisotopic (exact) mass is 449 g/mol. The van der Waals surface area contributed by atoms with Gasteiger partial charge in [-0.1, -0.05) is 31.0 Å². The number of ether oxygens (including phenoxy) is 1. The summed E-state index contributed by atoms with van der Waals surface area (Å²) in [5.74, 6) is -1.09. The van der Waals surface area contributed by atoms with Crippen LogP contribution in [0.1, 0.15) is 59.0 Å². The van der Waals surface area contributed by atoms with Crippen molar-refractivity contribution in [2.75, 3.05) is 18.0 Å². The Bertz CT molecular complexity index is 1210. The fourth-order valence-electron chi connectivity index (χ4n) is 4.46. The molecule has 1 aromatic heterocycles. The molecule has 2 heterocycles. The summed E-state index contributed by atoms with van der Waals surface area (Å²) in [4.78, 5) is 42.3. The van der Waals surface area contributed by atoms with E-state index in [1.807, 2.05) is 29.2 Å². The first-order valence-electron chi connectivity index (χ1n) is 11.2. The average Bonchev–Trinajstić information content (AvgIpc) is 2.96. The smallest absolute Gasteiger partial charge is 0.339 e. The van der Waals surface area contributed by atoms with Crippen LogP contribution in [0.5, 0.6) is 0 Å². The largest absolute Gasteiger partial charge is 0.451 e. The van der Waals surface area contributed by atoms with Crippen molar-refractivity contribution in [1.82, 2.24) is 4.98 Å². The zero-order valence-electron chi connectivity index (χ0n) is 18.8. The van der Waals surface area contributed by atoms with Gasteiger partial charge in [0.25, 0.3) is 5.69 Å². The number of rotatable bonds is 6. The van der Waals surface area contributed by atoms with E-state index in [-0.39, 0.29) is 17.0 Å². The maximum Gasteiger partial charge on any atom is 0.339 e. The van der Waals surface area contributed by atoms with Crippen molar-refractivity contribution in [2.45, 2.75) is 45.6 Å². The van der Waals surface area contributed by atoms with E-state index < -0.39 is 17.0 Å². The van der Waals surface area contributed by atoms with Crippen molar-refractivity contribution in [3.8, 4) is 0 Å². The number of nitrogens with zero attached hydrogens (tertiary/aromatic N) is 2. The first-order chi connectivity index (χ1) is 15.9. The molecule has 0 radical (unpaired) electrons. The summed E-state index contributed by atoms with van der Waals surface area (Å²) in [6.45, 7) is 4.81. The minimum Gasteiger partial charge on any atom is -0.451 e. The molecule has 172 valence electrons. The van der Waals surface area contributed by atoms with E-state index in [0.29, 0.717) is 16.9 Å². The normalized spacial score (nSPS) is 15.2. The highest BCUT2D eigenvalue weighted by Crippen LogP contribution is 2.31. The van der Waals surface area contributed by atoms with E-state index in [4.69, 9.17) is 4.74 Å². The number of nitrogens with one attached hydrogen (secondary N) is 1. The van der Waals surface area contributed by atoms with Crippen LogP contribution < -0.4 is 4.90 Å². The predicted molar refractivity (Wildman–Crippen MR) is 126 cm³/mol. The molecule has 1 aliphatic heterocycles. The summed E-state index contributed by atoms with van der Waals surface area (Å²) in [6.07, 6.45) is 3.13. The van der Waals surface area contributed by atoms with E-state index in [9.17, 15) is 19.7 Å². The SMILES string of the molecule is Cc1[nH]c2ccccc2c1C(=O)C(C)OC(=O)c1ccc(N2CCCCCC2)c([N+](=O)[O-])c1. The number of carbonyl (C=O) groups excluding carboxylic acids is 2. The summed E-state index contributed by atoms with van der Waals surface area (Å²) in [5.41, 5.74) is 2.44. The molecule has 0 bridgehead atoms. The van der Waals surface area contributed by atoms with Gasteiger partial charge < -0.3 is 14.6 Å². The van der Waals surface area contributed by atoms with E-state index in [1.54, 1.807) is 13.0 Å². The summed E-state index contributed by atoms with van der Waals surface area (Å²) in [6, 6.07) is 11.8. The summed E-state index contributed by atoms with van der Waals surface area (Å²) >= 11 is 0. The van der Waals surface area contributed by atoms with Gasteiger partial charge in [0.15, 0.2) is 6.10 Å². The molecule has 3 aromatic rings. The molecule has 0 spiro atoms. The number of nitro benzene ring substituents is 1. The fourth-order valence-corrected chi connectivity index (χ4v) is 4.46. The molecule has 4 rings (SSSR count). The molecule has 8 heteroatoms. The van der Waals surface area contributed by atoms with Crippen molar-refractivity contribution in [2.24, 2.45) is 0 Å². The van der Waals surface area contributed by atoms with E-state index >= 15 is 0 Å². The fraction of sp³-hybridized carbons (Fsp3) is 0.360. The third-order valence-electron chi connectivity index (χ3n) is 6.15. The van der Waals surface area contributed by atoms with Gasteiger partial charge in [0, 0.05) is 41.3 Å². The molecule has 8 nitrogen and oxygen atoms in total. The van der Waals surface area contributed by atoms with Crippen LogP contribution >= 0.6 is 0 Å². The van der Waals surface area contributed by atoms with Crippen LogP contribution in [0.4, 0.5) is 11.4 Å². The molecule has 1 fully saturated rings. The number of aromatic amines is 1. The quantitative estimate of drug-likeness (QED) is 0.240. The number of H-pyrrole nitrogens is 1. The lowest BCUT2D eigenvalue weighted by molar-refractivity contribution is -0.384. The highest BCUT2D eigenvalue weighted by atomic mass is 16.6. The Morgan fingerprint density at radius 1 is 1.09 bits per heavy atom. The molecule has 0 saturated carbocycles. The van der Waals surface area contributed by atoms with Crippen LogP contribution in [-0.4, -0.2) is 40.9 Å². The van der Waals surface area contributed by atoms with Crippen LogP contribution in [0.15, 0.2) is 42.5 Å². The molecule has 1 unspecified atom stereocenters. The highest BCUT2D eigenvalue weighted by molar-refractivity contribution is 6.11. The minimum absolute atomic E-state index is 0.0515. The van der Waals surface area contributed by atoms with Crippen molar-refractivity contribution < 1.29 is 19.2 Å². The van der Waals surface area contributed by atoms with Crippen LogP contribution in [-0.2, 0) is 4.74 Å². The number of benzene rings is 2. The maximum absolute atomic E-state index is 13.1. The third kappa shape index (κ3) is 4.60. The Morgan fingerprint density at radius 3 is 2.48 bits per heavy atom. The Morgan fingerprint density at radius 2 is 1.79 bits per heavy atom. The summed E-state index contributed by atoms with van der Waals surface area (Å²) < 4.78 is 5.43. The number of Topliss-reactive ketones (excluding diaryl/α,β-unsaturated/α-hetero) is 1. The highest BCUT2D eigenvalue weighted by Gasteiger charge is 2.27. The Labute approximate surface area is 191 Å². The number of ketones is 1. The van der Waals surface area contributed by atoms with Crippen LogP contribution in [0.3, 0.4) is 0 Å². The lowest BCUT2D eigenvalue weighted by Crippen LogP contribution is -2.26. The van der Waals surface area contributed by atoms with Crippen molar-refractivity contribution in [3.05, 3.63) is 69.4 Å². The second-order valence-electron chi connectivity index (χ2n) is 8.44. The molecule has 1 saturated heterocycles. The minimum atomic E-state index is -1.04. The zero-order valence-corrected chi connectivity index (χ0v) is 18.8. The molecule has 2 aromatic carbocycles. The molecular weight excluding hydrogens is 422 g/mol. The molecule has 33 heavy (non-hydrogen) atoms. The Hall–Kier alpha value is -3.68. The first kappa shape index (κ1) is 22.5. The van der Waals surface area contributed by atoms with Gasteiger partial charge in [-0.05, 0) is 44.9 Å². The standard InChI is InChI=1S/C25H27N3O5/c1-16-23(19-9-5-6-10-20(19)26-16)24(29)17(2)33-25(30)18-11-12-21(22(15-18)28(31)32)27-13-7-3-4-8-14-27/h5-6,9-12,15,17,26H,3-4,7-8,13-14H2,1-2H3. The summed E-state index contributed by atoms with van der Waals surface area (Å²) in [7, 11) is 0. The van der Waals surface area contributed by atoms with E-state index in [1.165, 1.54) is 19.1 Å². The number of aromatic nitrogens is 1. The first-order valence-corrected chi connectivity index (χ1v) is 11.2. The van der Waals surface area contributed by atoms with Gasteiger partial charge in [-0.15, -0.1) is 0 Å². The molecule has 0 amide bonds. The molecule has 1 atom stereocenters. The van der Waals surface area contributed by atoms with Gasteiger partial charge in [0.1, 0.15) is 5.69 Å². The van der Waals surface area contributed by atoms with Gasteiger partial charge in [0.2, 0.25) is 5.78 Å². The number of fused-ring (bicyclic) bond motifs is 1. The van der Waals surface area contributed by atoms with Gasteiger partial charge in [-0.25, -0.2) is 4.79 Å². The van der Waals surface area contributed by atoms with Crippen molar-refractivity contribution >= 4 is 34.0 Å². The average molecular weight is 450 g/mol. The number of nitro groups is 1. The molecular formula is C25H27N3O5. The lowest BCUT2D eigenvalue weighted by Gasteiger charge is -2.22. The van der Waals surface area contributed by atoms with E-state index in [2.05, 4.69) is 4.98 Å². The molecule has 1 N–H and O–H groups in total. The maximum atomic E-state index is 13.1.